The van der Waals surface area contributed by atoms with Crippen molar-refractivity contribution in [2.45, 2.75) is 19.6 Å². The molecule has 1 N–H and O–H groups in total. The fourth-order valence-electron chi connectivity index (χ4n) is 1.98. The monoisotopic (exact) mass is 301 g/mol. The van der Waals surface area contributed by atoms with E-state index in [1.54, 1.807) is 6.92 Å². The largest absolute Gasteiger partial charge is 0.416 e. The van der Waals surface area contributed by atoms with Gasteiger partial charge in [0.25, 0.3) is 0 Å². The molecule has 0 atom stereocenters. The molecule has 0 amide bonds. The van der Waals surface area contributed by atoms with Gasteiger partial charge in [-0.3, -0.25) is 0 Å². The lowest BCUT2D eigenvalue weighted by atomic mass is 10.1. The highest BCUT2D eigenvalue weighted by Gasteiger charge is 2.33. The zero-order valence-corrected chi connectivity index (χ0v) is 11.1. The van der Waals surface area contributed by atoms with Crippen molar-refractivity contribution in [2.75, 3.05) is 5.32 Å². The Balaban J connectivity index is 2.24. The van der Waals surface area contributed by atoms with Crippen LogP contribution in [-0.4, -0.2) is 0 Å². The predicted octanol–water partition coefficient (Wildman–Crippen LogP) is 4.90. The summed E-state index contributed by atoms with van der Waals surface area (Å²) in [5, 5.41) is 2.80. The number of anilines is 1. The second-order valence-electron chi connectivity index (χ2n) is 4.61. The molecule has 0 radical (unpaired) electrons. The number of hydrogen-bond acceptors (Lipinski definition) is 1. The van der Waals surface area contributed by atoms with Crippen molar-refractivity contribution in [3.8, 4) is 0 Å². The van der Waals surface area contributed by atoms with Crippen LogP contribution >= 0.6 is 0 Å². The Morgan fingerprint density at radius 3 is 2.19 bits per heavy atom. The van der Waals surface area contributed by atoms with E-state index < -0.39 is 23.4 Å². The van der Waals surface area contributed by atoms with Gasteiger partial charge in [0, 0.05) is 12.2 Å². The van der Waals surface area contributed by atoms with Gasteiger partial charge in [0.1, 0.15) is 11.6 Å². The lowest BCUT2D eigenvalue weighted by molar-refractivity contribution is -0.138. The summed E-state index contributed by atoms with van der Waals surface area (Å²) in [7, 11) is 0. The Morgan fingerprint density at radius 1 is 0.952 bits per heavy atom. The Morgan fingerprint density at radius 2 is 1.57 bits per heavy atom. The van der Waals surface area contributed by atoms with E-state index in [-0.39, 0.29) is 12.1 Å². The molecule has 2 rings (SSSR count). The number of rotatable bonds is 3. The van der Waals surface area contributed by atoms with Crippen LogP contribution in [-0.2, 0) is 12.7 Å². The average Bonchev–Trinajstić information content (AvgIpc) is 2.38. The van der Waals surface area contributed by atoms with E-state index in [9.17, 15) is 22.0 Å². The Kier molecular flexibility index (Phi) is 4.16. The van der Waals surface area contributed by atoms with Crippen LogP contribution in [0, 0.1) is 18.6 Å². The molecule has 6 heteroatoms. The van der Waals surface area contributed by atoms with Crippen LogP contribution in [0.4, 0.5) is 27.6 Å². The van der Waals surface area contributed by atoms with Gasteiger partial charge in [-0.1, -0.05) is 6.07 Å². The third-order valence-corrected chi connectivity index (χ3v) is 3.04. The molecule has 0 spiro atoms. The van der Waals surface area contributed by atoms with Gasteiger partial charge in [0.2, 0.25) is 0 Å². The number of nitrogens with one attached hydrogen (secondary N) is 1. The molecule has 2 aromatic rings. The predicted molar refractivity (Wildman–Crippen MR) is 69.9 cm³/mol. The van der Waals surface area contributed by atoms with Crippen LogP contribution in [0.3, 0.4) is 0 Å². The highest BCUT2D eigenvalue weighted by atomic mass is 19.4. The third-order valence-electron chi connectivity index (χ3n) is 3.04. The summed E-state index contributed by atoms with van der Waals surface area (Å²) in [6, 6.07) is 6.46. The first-order valence-electron chi connectivity index (χ1n) is 6.13. The maximum Gasteiger partial charge on any atom is 0.416 e. The van der Waals surface area contributed by atoms with Gasteiger partial charge in [-0.2, -0.15) is 13.2 Å². The second-order valence-corrected chi connectivity index (χ2v) is 4.61. The molecule has 0 saturated heterocycles. The highest BCUT2D eigenvalue weighted by molar-refractivity contribution is 5.51. The van der Waals surface area contributed by atoms with Gasteiger partial charge < -0.3 is 5.32 Å². The number of benzene rings is 2. The van der Waals surface area contributed by atoms with Crippen LogP contribution in [0.1, 0.15) is 16.7 Å². The van der Waals surface area contributed by atoms with E-state index in [0.29, 0.717) is 17.3 Å². The van der Waals surface area contributed by atoms with Crippen molar-refractivity contribution in [3.63, 3.8) is 0 Å². The quantitative estimate of drug-likeness (QED) is 0.795. The summed E-state index contributed by atoms with van der Waals surface area (Å²) in [5.41, 5.74) is 0.00177. The molecule has 0 aliphatic heterocycles. The van der Waals surface area contributed by atoms with E-state index >= 15 is 0 Å². The van der Waals surface area contributed by atoms with Crippen molar-refractivity contribution < 1.29 is 22.0 Å². The van der Waals surface area contributed by atoms with E-state index in [1.165, 1.54) is 18.2 Å². The summed E-state index contributed by atoms with van der Waals surface area (Å²) in [4.78, 5) is 0. The Labute approximate surface area is 118 Å². The number of aryl methyl sites for hydroxylation is 1. The molecule has 21 heavy (non-hydrogen) atoms. The first-order chi connectivity index (χ1) is 9.77. The van der Waals surface area contributed by atoms with Crippen LogP contribution < -0.4 is 5.32 Å². The van der Waals surface area contributed by atoms with Gasteiger partial charge in [0.05, 0.1) is 5.56 Å². The molecule has 0 bridgehead atoms. The zero-order valence-electron chi connectivity index (χ0n) is 11.1. The fourth-order valence-corrected chi connectivity index (χ4v) is 1.98. The average molecular weight is 301 g/mol. The first kappa shape index (κ1) is 15.3. The highest BCUT2D eigenvalue weighted by Crippen LogP contribution is 2.33. The van der Waals surface area contributed by atoms with E-state index in [4.69, 9.17) is 0 Å². The first-order valence-corrected chi connectivity index (χ1v) is 6.13. The van der Waals surface area contributed by atoms with E-state index in [0.717, 1.165) is 12.1 Å². The summed E-state index contributed by atoms with van der Waals surface area (Å²) < 4.78 is 64.5. The van der Waals surface area contributed by atoms with Crippen LogP contribution in [0.5, 0.6) is 0 Å². The van der Waals surface area contributed by atoms with Crippen LogP contribution in [0.15, 0.2) is 36.4 Å². The molecule has 0 heterocycles. The third kappa shape index (κ3) is 3.71. The van der Waals surface area contributed by atoms with E-state index in [1.807, 2.05) is 0 Å². The lowest BCUT2D eigenvalue weighted by Gasteiger charge is -2.15. The fraction of sp³-hybridized carbons (Fsp3) is 0.200. The van der Waals surface area contributed by atoms with Crippen LogP contribution in [0.2, 0.25) is 0 Å². The number of halogens is 5. The van der Waals surface area contributed by atoms with Crippen LogP contribution in [0.25, 0.3) is 0 Å². The summed E-state index contributed by atoms with van der Waals surface area (Å²) in [6.07, 6.45) is -4.63. The second kappa shape index (κ2) is 5.71. The summed E-state index contributed by atoms with van der Waals surface area (Å²) in [5.74, 6) is -1.36. The molecule has 0 aliphatic rings. The Hall–Kier alpha value is -2.11. The summed E-state index contributed by atoms with van der Waals surface area (Å²) in [6.45, 7) is 1.50. The molecule has 0 fully saturated rings. The molecule has 0 unspecified atom stereocenters. The van der Waals surface area contributed by atoms with Gasteiger partial charge in [-0.05, 0) is 48.4 Å². The zero-order chi connectivity index (χ0) is 15.6. The van der Waals surface area contributed by atoms with Crippen molar-refractivity contribution >= 4 is 5.69 Å². The van der Waals surface area contributed by atoms with E-state index in [2.05, 4.69) is 5.32 Å². The van der Waals surface area contributed by atoms with Gasteiger partial charge in [0.15, 0.2) is 0 Å². The topological polar surface area (TPSA) is 12.0 Å². The molecular formula is C15H12F5N. The minimum Gasteiger partial charge on any atom is -0.381 e. The SMILES string of the molecule is Cc1cc(F)ccc1NCc1ccc(F)cc1C(F)(F)F. The van der Waals surface area contributed by atoms with Crippen molar-refractivity contribution in [1.29, 1.82) is 0 Å². The number of hydrogen-bond donors (Lipinski definition) is 1. The maximum atomic E-state index is 13.0. The minimum absolute atomic E-state index is 0.0763. The summed E-state index contributed by atoms with van der Waals surface area (Å²) >= 11 is 0. The molecule has 1 nitrogen and oxygen atoms in total. The minimum atomic E-state index is -4.63. The molecule has 0 aromatic heterocycles. The normalized spacial score (nSPS) is 11.5. The Bertz CT molecular complexity index is 649. The lowest BCUT2D eigenvalue weighted by Crippen LogP contribution is -2.12. The molecule has 0 saturated carbocycles. The molecule has 112 valence electrons. The molecular weight excluding hydrogens is 289 g/mol. The standard InChI is InChI=1S/C15H12F5N/c1-9-6-11(16)4-5-14(9)21-8-10-2-3-12(17)7-13(10)15(18,19)20/h2-7,21H,8H2,1H3. The number of alkyl halides is 3. The molecule has 0 aliphatic carbocycles. The van der Waals surface area contributed by atoms with Crippen molar-refractivity contribution in [3.05, 3.63) is 64.7 Å². The molecule has 2 aromatic carbocycles. The van der Waals surface area contributed by atoms with Gasteiger partial charge in [-0.15, -0.1) is 0 Å². The maximum absolute atomic E-state index is 13.0. The van der Waals surface area contributed by atoms with Gasteiger partial charge in [-0.25, -0.2) is 8.78 Å². The van der Waals surface area contributed by atoms with Gasteiger partial charge >= 0.3 is 6.18 Å². The smallest absolute Gasteiger partial charge is 0.381 e. The van der Waals surface area contributed by atoms with Crippen molar-refractivity contribution in [1.82, 2.24) is 0 Å². The van der Waals surface area contributed by atoms with Crippen molar-refractivity contribution in [2.24, 2.45) is 0 Å².